The number of methoxy groups -OCH3 is 1. The van der Waals surface area contributed by atoms with Crippen LogP contribution in [-0.4, -0.2) is 33.1 Å². The van der Waals surface area contributed by atoms with Gasteiger partial charge in [0.15, 0.2) is 5.75 Å². The Balaban J connectivity index is 1.75. The molecule has 0 aliphatic rings. The van der Waals surface area contributed by atoms with Crippen molar-refractivity contribution in [3.63, 3.8) is 0 Å². The lowest BCUT2D eigenvalue weighted by Crippen LogP contribution is -2.14. The summed E-state index contributed by atoms with van der Waals surface area (Å²) < 4.78 is 17.1. The van der Waals surface area contributed by atoms with Gasteiger partial charge in [-0.1, -0.05) is 23.2 Å². The van der Waals surface area contributed by atoms with Gasteiger partial charge < -0.3 is 19.1 Å². The van der Waals surface area contributed by atoms with Crippen molar-refractivity contribution in [2.75, 3.05) is 7.11 Å². The molecule has 4 aromatic rings. The highest BCUT2D eigenvalue weighted by molar-refractivity contribution is 6.34. The van der Waals surface area contributed by atoms with E-state index >= 15 is 0 Å². The number of carbonyl (C=O) groups excluding carboxylic acids is 1. The highest BCUT2D eigenvalue weighted by Gasteiger charge is 2.18. The SMILES string of the molecule is COc1ncc(OC(=O)N=c2c(Cl)cn(O)cc2Cl)c2cc(-c3cccnc3)oc12. The van der Waals surface area contributed by atoms with Crippen molar-refractivity contribution < 1.29 is 23.9 Å². The molecular weight excluding hydrogens is 435 g/mol. The van der Waals surface area contributed by atoms with Crippen molar-refractivity contribution in [2.24, 2.45) is 4.99 Å². The van der Waals surface area contributed by atoms with Crippen LogP contribution in [0.3, 0.4) is 0 Å². The topological polar surface area (TPSA) is 112 Å². The molecule has 0 spiro atoms. The predicted molar refractivity (Wildman–Crippen MR) is 107 cm³/mol. The molecule has 4 heterocycles. The van der Waals surface area contributed by atoms with Crippen LogP contribution in [0, 0.1) is 0 Å². The maximum absolute atomic E-state index is 12.4. The molecular formula is C19H12Cl2N4O5. The average Bonchev–Trinajstić information content (AvgIpc) is 3.17. The molecule has 0 aromatic carbocycles. The van der Waals surface area contributed by atoms with Crippen LogP contribution < -0.4 is 14.8 Å². The van der Waals surface area contributed by atoms with E-state index in [0.29, 0.717) is 21.5 Å². The van der Waals surface area contributed by atoms with Crippen LogP contribution in [0.4, 0.5) is 4.79 Å². The zero-order chi connectivity index (χ0) is 21.3. The van der Waals surface area contributed by atoms with E-state index in [0.717, 1.165) is 18.0 Å². The molecule has 1 amide bonds. The van der Waals surface area contributed by atoms with Gasteiger partial charge in [0.1, 0.15) is 11.1 Å². The largest absolute Gasteiger partial charge is 0.478 e. The van der Waals surface area contributed by atoms with Crippen LogP contribution in [0.2, 0.25) is 10.0 Å². The van der Waals surface area contributed by atoms with E-state index in [1.807, 2.05) is 6.07 Å². The smallest absolute Gasteiger partial charge is 0.439 e. The number of ether oxygens (including phenoxy) is 2. The summed E-state index contributed by atoms with van der Waals surface area (Å²) in [5.41, 5.74) is 1.01. The minimum Gasteiger partial charge on any atom is -0.478 e. The number of amides is 1. The van der Waals surface area contributed by atoms with Gasteiger partial charge in [-0.25, -0.2) is 9.78 Å². The van der Waals surface area contributed by atoms with Crippen LogP contribution in [-0.2, 0) is 0 Å². The van der Waals surface area contributed by atoms with Crippen molar-refractivity contribution in [1.82, 2.24) is 14.7 Å². The number of aromatic nitrogens is 3. The number of halogens is 2. The zero-order valence-corrected chi connectivity index (χ0v) is 16.8. The van der Waals surface area contributed by atoms with Crippen molar-refractivity contribution >= 4 is 40.3 Å². The highest BCUT2D eigenvalue weighted by atomic mass is 35.5. The van der Waals surface area contributed by atoms with Gasteiger partial charge in [-0.05, 0) is 18.2 Å². The van der Waals surface area contributed by atoms with E-state index in [4.69, 9.17) is 37.1 Å². The third kappa shape index (κ3) is 3.80. The molecule has 0 atom stereocenters. The Kier molecular flexibility index (Phi) is 5.30. The van der Waals surface area contributed by atoms with Gasteiger partial charge in [0.05, 0.1) is 41.1 Å². The lowest BCUT2D eigenvalue weighted by Gasteiger charge is -2.05. The number of pyridine rings is 3. The number of carbonyl (C=O) groups is 1. The quantitative estimate of drug-likeness (QED) is 0.465. The number of hydrogen-bond acceptors (Lipinski definition) is 7. The fraction of sp³-hybridized carbons (Fsp3) is 0.0526. The van der Waals surface area contributed by atoms with E-state index < -0.39 is 6.09 Å². The summed E-state index contributed by atoms with van der Waals surface area (Å²) in [4.78, 5) is 24.3. The maximum Gasteiger partial charge on any atom is 0.439 e. The first-order valence-electron chi connectivity index (χ1n) is 8.36. The summed E-state index contributed by atoms with van der Waals surface area (Å²) in [7, 11) is 1.45. The molecule has 0 bridgehead atoms. The Hall–Kier alpha value is -3.56. The van der Waals surface area contributed by atoms with Gasteiger partial charge >= 0.3 is 6.09 Å². The first kappa shape index (κ1) is 19.7. The van der Waals surface area contributed by atoms with Gasteiger partial charge in [0.2, 0.25) is 5.58 Å². The fourth-order valence-corrected chi connectivity index (χ4v) is 3.21. The summed E-state index contributed by atoms with van der Waals surface area (Å²) in [6.45, 7) is 0. The Morgan fingerprint density at radius 2 is 2.03 bits per heavy atom. The fourth-order valence-electron chi connectivity index (χ4n) is 2.68. The van der Waals surface area contributed by atoms with E-state index in [1.54, 1.807) is 24.5 Å². The average molecular weight is 447 g/mol. The Morgan fingerprint density at radius 3 is 2.70 bits per heavy atom. The normalized spacial score (nSPS) is 10.8. The number of rotatable bonds is 3. The molecule has 11 heteroatoms. The monoisotopic (exact) mass is 446 g/mol. The first-order chi connectivity index (χ1) is 14.5. The third-order valence-electron chi connectivity index (χ3n) is 3.97. The molecule has 0 saturated carbocycles. The van der Waals surface area contributed by atoms with E-state index in [-0.39, 0.29) is 27.0 Å². The molecule has 1 N–H and O–H groups in total. The molecule has 0 radical (unpaired) electrons. The molecule has 0 saturated heterocycles. The van der Waals surface area contributed by atoms with Crippen LogP contribution in [0.1, 0.15) is 0 Å². The molecule has 152 valence electrons. The van der Waals surface area contributed by atoms with E-state index in [9.17, 15) is 10.0 Å². The van der Waals surface area contributed by atoms with Gasteiger partial charge in [-0.3, -0.25) is 4.98 Å². The van der Waals surface area contributed by atoms with Gasteiger partial charge in [-0.2, -0.15) is 9.72 Å². The molecule has 4 rings (SSSR count). The van der Waals surface area contributed by atoms with E-state index in [2.05, 4.69) is 15.0 Å². The van der Waals surface area contributed by atoms with Crippen LogP contribution in [0.5, 0.6) is 11.6 Å². The van der Waals surface area contributed by atoms with Crippen molar-refractivity contribution in [3.8, 4) is 23.0 Å². The summed E-state index contributed by atoms with van der Waals surface area (Å²) in [5, 5.41) is 9.73. The molecule has 0 aliphatic carbocycles. The lowest BCUT2D eigenvalue weighted by molar-refractivity contribution is 0.184. The van der Waals surface area contributed by atoms with Crippen molar-refractivity contribution in [3.05, 3.63) is 64.6 Å². The molecule has 0 unspecified atom stereocenters. The predicted octanol–water partition coefficient (Wildman–Crippen LogP) is 4.34. The Morgan fingerprint density at radius 1 is 1.27 bits per heavy atom. The van der Waals surface area contributed by atoms with Crippen molar-refractivity contribution in [2.45, 2.75) is 0 Å². The number of nitrogens with zero attached hydrogens (tertiary/aromatic N) is 4. The summed E-state index contributed by atoms with van der Waals surface area (Å²) >= 11 is 11.9. The molecule has 0 fully saturated rings. The first-order valence-corrected chi connectivity index (χ1v) is 9.12. The molecule has 30 heavy (non-hydrogen) atoms. The lowest BCUT2D eigenvalue weighted by atomic mass is 10.2. The molecule has 9 nitrogen and oxygen atoms in total. The van der Waals surface area contributed by atoms with Crippen molar-refractivity contribution in [1.29, 1.82) is 0 Å². The van der Waals surface area contributed by atoms with Gasteiger partial charge in [-0.15, -0.1) is 0 Å². The number of hydrogen-bond donors (Lipinski definition) is 1. The number of furan rings is 1. The second-order valence-corrected chi connectivity index (χ2v) is 6.70. The molecule has 4 aromatic heterocycles. The second-order valence-electron chi connectivity index (χ2n) is 5.89. The maximum atomic E-state index is 12.4. The highest BCUT2D eigenvalue weighted by Crippen LogP contribution is 2.37. The van der Waals surface area contributed by atoms with E-state index in [1.165, 1.54) is 13.3 Å². The van der Waals surface area contributed by atoms with Crippen LogP contribution >= 0.6 is 23.2 Å². The van der Waals surface area contributed by atoms with Gasteiger partial charge in [0, 0.05) is 18.0 Å². The standard InChI is InChI=1S/C19H12Cl2N4O5/c1-28-18-17-11(5-14(29-17)10-3-2-4-22-6-10)15(7-23-18)30-19(26)24-16-12(20)8-25(27)9-13(16)21/h2-9,27H,1H3. The number of fused-ring (bicyclic) bond motifs is 1. The van der Waals surface area contributed by atoms with Crippen LogP contribution in [0.25, 0.3) is 22.3 Å². The third-order valence-corrected chi connectivity index (χ3v) is 4.53. The summed E-state index contributed by atoms with van der Waals surface area (Å²) in [6, 6.07) is 5.26. The molecule has 0 aliphatic heterocycles. The minimum atomic E-state index is -0.994. The zero-order valence-electron chi connectivity index (χ0n) is 15.2. The Bertz CT molecular complexity index is 1290. The second kappa shape index (κ2) is 8.05. The minimum absolute atomic E-state index is 0.0397. The van der Waals surface area contributed by atoms with Gasteiger partial charge in [0.25, 0.3) is 5.88 Å². The summed E-state index contributed by atoms with van der Waals surface area (Å²) in [5.74, 6) is 0.803. The Labute approximate surface area is 178 Å². The summed E-state index contributed by atoms with van der Waals surface area (Å²) in [6.07, 6.45) is 5.85. The van der Waals surface area contributed by atoms with Crippen LogP contribution in [0.15, 0.2) is 58.6 Å².